The Kier molecular flexibility index (Phi) is 2.07. The Morgan fingerprint density at radius 1 is 1.30 bits per heavy atom. The monoisotopic (exact) mass is 140 g/mol. The van der Waals surface area contributed by atoms with Gasteiger partial charge >= 0.3 is 0 Å². The molecule has 1 aliphatic carbocycles. The van der Waals surface area contributed by atoms with Crippen LogP contribution in [0.2, 0.25) is 0 Å². The summed E-state index contributed by atoms with van der Waals surface area (Å²) >= 11 is 0. The molecule has 0 spiro atoms. The van der Waals surface area contributed by atoms with Crippen molar-refractivity contribution < 1.29 is 0 Å². The number of hydrogen-bond donors (Lipinski definition) is 0. The molecule has 0 aromatic heterocycles. The Labute approximate surface area is 65.0 Å². The van der Waals surface area contributed by atoms with Gasteiger partial charge in [-0.3, -0.25) is 0 Å². The normalized spacial score (nSPS) is 31.5. The average Bonchev–Trinajstić information content (AvgIpc) is 2.10. The van der Waals surface area contributed by atoms with Gasteiger partial charge < -0.3 is 0 Å². The zero-order valence-electron chi connectivity index (χ0n) is 7.78. The van der Waals surface area contributed by atoms with Crippen LogP contribution in [0.3, 0.4) is 0 Å². The molecule has 1 rings (SSSR count). The molecule has 0 amide bonds. The lowest BCUT2D eigenvalue weighted by molar-refractivity contribution is 0.322. The van der Waals surface area contributed by atoms with E-state index in [4.69, 9.17) is 0 Å². The van der Waals surface area contributed by atoms with Gasteiger partial charge in [-0.1, -0.05) is 27.7 Å². The van der Waals surface area contributed by atoms with Crippen molar-refractivity contribution in [2.24, 2.45) is 17.3 Å². The highest BCUT2D eigenvalue weighted by molar-refractivity contribution is 4.83. The highest BCUT2D eigenvalue weighted by Gasteiger charge is 2.31. The van der Waals surface area contributed by atoms with E-state index in [-0.39, 0.29) is 0 Å². The molecule has 0 heteroatoms. The first-order valence-electron chi connectivity index (χ1n) is 4.51. The standard InChI is InChI=1S/C10H20/c1-8(2)9-5-6-10(3,4)7-9/h8-9H,5-7H2,1-4H3/t9-/m0/s1. The third kappa shape index (κ3) is 1.74. The summed E-state index contributed by atoms with van der Waals surface area (Å²) in [6.45, 7) is 9.50. The summed E-state index contributed by atoms with van der Waals surface area (Å²) in [5, 5.41) is 0. The molecule has 60 valence electrons. The van der Waals surface area contributed by atoms with Crippen molar-refractivity contribution in [2.75, 3.05) is 0 Å². The molecule has 0 saturated heterocycles. The van der Waals surface area contributed by atoms with E-state index in [9.17, 15) is 0 Å². The predicted molar refractivity (Wildman–Crippen MR) is 46.0 cm³/mol. The van der Waals surface area contributed by atoms with Crippen LogP contribution in [-0.2, 0) is 0 Å². The zero-order valence-corrected chi connectivity index (χ0v) is 7.78. The van der Waals surface area contributed by atoms with Gasteiger partial charge in [0.2, 0.25) is 0 Å². The largest absolute Gasteiger partial charge is 0.0625 e. The lowest BCUT2D eigenvalue weighted by Gasteiger charge is -2.18. The van der Waals surface area contributed by atoms with Gasteiger partial charge in [0.05, 0.1) is 0 Å². The van der Waals surface area contributed by atoms with Crippen LogP contribution in [-0.4, -0.2) is 0 Å². The van der Waals surface area contributed by atoms with E-state index in [0.717, 1.165) is 11.8 Å². The second-order valence-corrected chi connectivity index (χ2v) is 4.91. The number of hydrogen-bond acceptors (Lipinski definition) is 0. The van der Waals surface area contributed by atoms with Crippen LogP contribution in [0.5, 0.6) is 0 Å². The van der Waals surface area contributed by atoms with Crippen molar-refractivity contribution >= 4 is 0 Å². The summed E-state index contributed by atoms with van der Waals surface area (Å²) < 4.78 is 0. The summed E-state index contributed by atoms with van der Waals surface area (Å²) in [6, 6.07) is 0. The minimum atomic E-state index is 0.648. The highest BCUT2D eigenvalue weighted by Crippen LogP contribution is 2.43. The van der Waals surface area contributed by atoms with Crippen LogP contribution >= 0.6 is 0 Å². The quantitative estimate of drug-likeness (QED) is 0.523. The Hall–Kier alpha value is 0. The molecule has 0 heterocycles. The maximum Gasteiger partial charge on any atom is -0.0351 e. The zero-order chi connectivity index (χ0) is 7.78. The van der Waals surface area contributed by atoms with Gasteiger partial charge in [-0.15, -0.1) is 0 Å². The molecule has 1 atom stereocenters. The van der Waals surface area contributed by atoms with Crippen LogP contribution in [0.15, 0.2) is 0 Å². The minimum Gasteiger partial charge on any atom is -0.0625 e. The molecule has 1 saturated carbocycles. The van der Waals surface area contributed by atoms with Crippen LogP contribution in [0.4, 0.5) is 0 Å². The van der Waals surface area contributed by atoms with E-state index in [0.29, 0.717) is 5.41 Å². The van der Waals surface area contributed by atoms with Crippen LogP contribution in [0.25, 0.3) is 0 Å². The Balaban J connectivity index is 2.43. The molecule has 0 aromatic rings. The predicted octanol–water partition coefficient (Wildman–Crippen LogP) is 3.47. The molecule has 1 aliphatic rings. The second-order valence-electron chi connectivity index (χ2n) is 4.91. The van der Waals surface area contributed by atoms with E-state index in [1.807, 2.05) is 0 Å². The van der Waals surface area contributed by atoms with Gasteiger partial charge in [-0.2, -0.15) is 0 Å². The van der Waals surface area contributed by atoms with Crippen molar-refractivity contribution in [1.82, 2.24) is 0 Å². The smallest absolute Gasteiger partial charge is 0.0351 e. The Morgan fingerprint density at radius 3 is 2.10 bits per heavy atom. The Morgan fingerprint density at radius 2 is 1.90 bits per heavy atom. The van der Waals surface area contributed by atoms with Gasteiger partial charge in [0.25, 0.3) is 0 Å². The summed E-state index contributed by atoms with van der Waals surface area (Å²) in [5.41, 5.74) is 0.648. The Bertz CT molecular complexity index is 111. The van der Waals surface area contributed by atoms with Crippen LogP contribution in [0, 0.1) is 17.3 Å². The molecule has 0 aliphatic heterocycles. The second kappa shape index (κ2) is 2.56. The van der Waals surface area contributed by atoms with E-state index in [2.05, 4.69) is 27.7 Å². The summed E-state index contributed by atoms with van der Waals surface area (Å²) in [4.78, 5) is 0. The first-order chi connectivity index (χ1) is 4.51. The van der Waals surface area contributed by atoms with Gasteiger partial charge in [0.1, 0.15) is 0 Å². The fourth-order valence-electron chi connectivity index (χ4n) is 2.06. The summed E-state index contributed by atoms with van der Waals surface area (Å²) in [7, 11) is 0. The first kappa shape index (κ1) is 8.10. The van der Waals surface area contributed by atoms with E-state index in [1.54, 1.807) is 0 Å². The minimum absolute atomic E-state index is 0.648. The fourth-order valence-corrected chi connectivity index (χ4v) is 2.06. The van der Waals surface area contributed by atoms with Crippen LogP contribution < -0.4 is 0 Å². The maximum absolute atomic E-state index is 2.40. The third-order valence-electron chi connectivity index (χ3n) is 2.95. The third-order valence-corrected chi connectivity index (χ3v) is 2.95. The van der Waals surface area contributed by atoms with E-state index >= 15 is 0 Å². The number of rotatable bonds is 1. The van der Waals surface area contributed by atoms with Crippen molar-refractivity contribution in [1.29, 1.82) is 0 Å². The van der Waals surface area contributed by atoms with Crippen molar-refractivity contribution in [3.8, 4) is 0 Å². The molecule has 0 unspecified atom stereocenters. The lowest BCUT2D eigenvalue weighted by Crippen LogP contribution is -2.08. The average molecular weight is 140 g/mol. The lowest BCUT2D eigenvalue weighted by atomic mass is 9.87. The molecule has 0 N–H and O–H groups in total. The first-order valence-corrected chi connectivity index (χ1v) is 4.51. The van der Waals surface area contributed by atoms with E-state index in [1.165, 1.54) is 19.3 Å². The molecular weight excluding hydrogens is 120 g/mol. The van der Waals surface area contributed by atoms with Gasteiger partial charge in [0, 0.05) is 0 Å². The highest BCUT2D eigenvalue weighted by atomic mass is 14.4. The van der Waals surface area contributed by atoms with Crippen molar-refractivity contribution in [2.45, 2.75) is 47.0 Å². The summed E-state index contributed by atoms with van der Waals surface area (Å²) in [6.07, 6.45) is 4.35. The summed E-state index contributed by atoms with van der Waals surface area (Å²) in [5.74, 6) is 1.91. The van der Waals surface area contributed by atoms with Crippen molar-refractivity contribution in [3.05, 3.63) is 0 Å². The molecular formula is C10H20. The van der Waals surface area contributed by atoms with Gasteiger partial charge in [0.15, 0.2) is 0 Å². The van der Waals surface area contributed by atoms with Gasteiger partial charge in [-0.25, -0.2) is 0 Å². The van der Waals surface area contributed by atoms with Gasteiger partial charge in [-0.05, 0) is 36.5 Å². The molecule has 10 heavy (non-hydrogen) atoms. The van der Waals surface area contributed by atoms with E-state index < -0.39 is 0 Å². The molecule has 0 bridgehead atoms. The van der Waals surface area contributed by atoms with Crippen molar-refractivity contribution in [3.63, 3.8) is 0 Å². The topological polar surface area (TPSA) is 0 Å². The fraction of sp³-hybridized carbons (Fsp3) is 1.00. The van der Waals surface area contributed by atoms with Crippen LogP contribution in [0.1, 0.15) is 47.0 Å². The molecule has 0 aromatic carbocycles. The molecule has 0 radical (unpaired) electrons. The molecule has 1 fully saturated rings. The SMILES string of the molecule is CC(C)[C@H]1CCC(C)(C)C1. The molecule has 0 nitrogen and oxygen atoms in total. The maximum atomic E-state index is 2.40.